The third-order valence-electron chi connectivity index (χ3n) is 11.7. The first-order valence-corrected chi connectivity index (χ1v) is 20.0. The molecule has 5 nitrogen and oxygen atoms in total. The summed E-state index contributed by atoms with van der Waals surface area (Å²) < 4.78 is 7.60. The zero-order valence-electron chi connectivity index (χ0n) is 30.4. The lowest BCUT2D eigenvalue weighted by molar-refractivity contribution is 1.07. The summed E-state index contributed by atoms with van der Waals surface area (Å²) in [5.74, 6) is 1.91. The molecule has 0 saturated heterocycles. The van der Waals surface area contributed by atoms with Crippen LogP contribution in [0.5, 0.6) is 0 Å². The van der Waals surface area contributed by atoms with Gasteiger partial charge in [0, 0.05) is 64.1 Å². The van der Waals surface area contributed by atoms with Gasteiger partial charge in [-0.05, 0) is 59.7 Å². The summed E-state index contributed by atoms with van der Waals surface area (Å²) in [4.78, 5) is 15.5. The lowest BCUT2D eigenvalue weighted by atomic mass is 9.98. The molecular formula is C51H29N5S. The van der Waals surface area contributed by atoms with Gasteiger partial charge >= 0.3 is 0 Å². The molecular weight excluding hydrogens is 715 g/mol. The first-order chi connectivity index (χ1) is 28.3. The van der Waals surface area contributed by atoms with Crippen LogP contribution in [-0.4, -0.2) is 23.9 Å². The molecule has 57 heavy (non-hydrogen) atoms. The van der Waals surface area contributed by atoms with Gasteiger partial charge in [-0.2, -0.15) is 0 Å². The monoisotopic (exact) mass is 743 g/mol. The van der Waals surface area contributed by atoms with Crippen molar-refractivity contribution in [3.63, 3.8) is 0 Å². The molecule has 0 fully saturated rings. The SMILES string of the molecule is c1ccc(-c2nc(-c3ccccc3)nc(-c3cc(-n4c5ccc6sc7ccc8c9ccccc9n9c%10cccc4c%10c5c6c7c89)ccc3-c3ccccc3)n2)cc1. The molecule has 0 atom stereocenters. The van der Waals surface area contributed by atoms with Crippen LogP contribution in [0.3, 0.4) is 0 Å². The van der Waals surface area contributed by atoms with Gasteiger partial charge in [-0.15, -0.1) is 11.3 Å². The maximum absolute atomic E-state index is 5.23. The Bertz CT molecular complexity index is 3620. The van der Waals surface area contributed by atoms with Gasteiger partial charge in [-0.1, -0.05) is 127 Å². The molecule has 8 aromatic carbocycles. The highest BCUT2D eigenvalue weighted by molar-refractivity contribution is 7.26. The predicted molar refractivity (Wildman–Crippen MR) is 237 cm³/mol. The Hall–Kier alpha value is -7.41. The number of benzene rings is 8. The number of hydrogen-bond acceptors (Lipinski definition) is 4. The van der Waals surface area contributed by atoms with Crippen molar-refractivity contribution < 1.29 is 0 Å². The topological polar surface area (TPSA) is 48.0 Å². The maximum atomic E-state index is 5.23. The molecule has 5 aromatic heterocycles. The normalized spacial score (nSPS) is 12.2. The van der Waals surface area contributed by atoms with E-state index < -0.39 is 0 Å². The first kappa shape index (κ1) is 30.9. The predicted octanol–water partition coefficient (Wildman–Crippen LogP) is 13.4. The van der Waals surface area contributed by atoms with Crippen molar-refractivity contribution in [2.45, 2.75) is 0 Å². The van der Waals surface area contributed by atoms with Crippen LogP contribution in [0, 0.1) is 0 Å². The number of hydrogen-bond donors (Lipinski definition) is 0. The zero-order chi connectivity index (χ0) is 37.2. The molecule has 0 amide bonds. The lowest BCUT2D eigenvalue weighted by Crippen LogP contribution is -2.02. The third kappa shape index (κ3) is 4.30. The fourth-order valence-corrected chi connectivity index (χ4v) is 10.4. The van der Waals surface area contributed by atoms with Crippen molar-refractivity contribution in [3.05, 3.63) is 176 Å². The molecule has 0 aliphatic carbocycles. The highest BCUT2D eigenvalue weighted by Gasteiger charge is 2.26. The van der Waals surface area contributed by atoms with E-state index in [9.17, 15) is 0 Å². The molecule has 0 unspecified atom stereocenters. The van der Waals surface area contributed by atoms with Crippen molar-refractivity contribution in [1.82, 2.24) is 23.9 Å². The van der Waals surface area contributed by atoms with E-state index in [1.807, 2.05) is 47.7 Å². The second kappa shape index (κ2) is 11.6. The molecule has 0 aliphatic heterocycles. The number of nitrogens with zero attached hydrogens (tertiary/aromatic N) is 5. The number of fused-ring (bicyclic) bond motifs is 4. The Morgan fingerprint density at radius 3 is 1.72 bits per heavy atom. The second-order valence-corrected chi connectivity index (χ2v) is 15.8. The van der Waals surface area contributed by atoms with Crippen molar-refractivity contribution in [1.29, 1.82) is 0 Å². The van der Waals surface area contributed by atoms with Crippen LogP contribution < -0.4 is 0 Å². The van der Waals surface area contributed by atoms with Crippen LogP contribution >= 0.6 is 11.3 Å². The minimum absolute atomic E-state index is 0.628. The van der Waals surface area contributed by atoms with Crippen molar-refractivity contribution >= 4 is 80.6 Å². The van der Waals surface area contributed by atoms with E-state index in [0.717, 1.165) is 39.0 Å². The summed E-state index contributed by atoms with van der Waals surface area (Å²) >= 11 is 1.89. The Balaban J connectivity index is 1.15. The van der Waals surface area contributed by atoms with E-state index in [1.54, 1.807) is 0 Å². The smallest absolute Gasteiger partial charge is 0.164 e. The third-order valence-corrected chi connectivity index (χ3v) is 12.8. The molecule has 13 aromatic rings. The van der Waals surface area contributed by atoms with Crippen LogP contribution in [0.25, 0.3) is 120 Å². The molecule has 6 heteroatoms. The minimum Gasteiger partial charge on any atom is -0.309 e. The van der Waals surface area contributed by atoms with Crippen LogP contribution in [-0.2, 0) is 0 Å². The van der Waals surface area contributed by atoms with Gasteiger partial charge in [0.15, 0.2) is 17.5 Å². The van der Waals surface area contributed by atoms with Crippen LogP contribution in [0.2, 0.25) is 0 Å². The van der Waals surface area contributed by atoms with Crippen LogP contribution in [0.4, 0.5) is 0 Å². The van der Waals surface area contributed by atoms with Gasteiger partial charge in [0.05, 0.1) is 27.6 Å². The van der Waals surface area contributed by atoms with E-state index in [2.05, 4.69) is 148 Å². The summed E-state index contributed by atoms with van der Waals surface area (Å²) in [7, 11) is 0. The van der Waals surface area contributed by atoms with Gasteiger partial charge in [-0.3, -0.25) is 0 Å². The Kier molecular flexibility index (Phi) is 6.26. The second-order valence-electron chi connectivity index (χ2n) is 14.8. The van der Waals surface area contributed by atoms with Gasteiger partial charge in [0.1, 0.15) is 0 Å². The molecule has 0 saturated carbocycles. The number of thiophene rings is 1. The molecule has 0 spiro atoms. The summed E-state index contributed by atoms with van der Waals surface area (Å²) in [6, 6.07) is 62.7. The van der Waals surface area contributed by atoms with Crippen molar-refractivity contribution in [2.24, 2.45) is 0 Å². The zero-order valence-corrected chi connectivity index (χ0v) is 31.2. The quantitative estimate of drug-likeness (QED) is 0.176. The molecule has 0 aliphatic rings. The highest BCUT2D eigenvalue weighted by Crippen LogP contribution is 2.50. The van der Waals surface area contributed by atoms with Crippen LogP contribution in [0.15, 0.2) is 176 Å². The maximum Gasteiger partial charge on any atom is 0.164 e. The minimum atomic E-state index is 0.628. The fraction of sp³-hybridized carbons (Fsp3) is 0. The molecule has 264 valence electrons. The number of rotatable bonds is 5. The van der Waals surface area contributed by atoms with E-state index >= 15 is 0 Å². The summed E-state index contributed by atoms with van der Waals surface area (Å²) in [6.07, 6.45) is 0. The van der Waals surface area contributed by atoms with E-state index in [-0.39, 0.29) is 0 Å². The molecule has 0 radical (unpaired) electrons. The largest absolute Gasteiger partial charge is 0.309 e. The first-order valence-electron chi connectivity index (χ1n) is 19.2. The van der Waals surface area contributed by atoms with Gasteiger partial charge in [0.2, 0.25) is 0 Å². The summed E-state index contributed by atoms with van der Waals surface area (Å²) in [6.45, 7) is 0. The van der Waals surface area contributed by atoms with Gasteiger partial charge in [0.25, 0.3) is 0 Å². The number of aromatic nitrogens is 5. The van der Waals surface area contributed by atoms with Gasteiger partial charge in [-0.25, -0.2) is 15.0 Å². The van der Waals surface area contributed by atoms with Gasteiger partial charge < -0.3 is 8.97 Å². The van der Waals surface area contributed by atoms with Crippen molar-refractivity contribution in [2.75, 3.05) is 0 Å². The Morgan fingerprint density at radius 2 is 0.965 bits per heavy atom. The lowest BCUT2D eigenvalue weighted by Gasteiger charge is -2.15. The van der Waals surface area contributed by atoms with Crippen molar-refractivity contribution in [3.8, 4) is 51.0 Å². The highest BCUT2D eigenvalue weighted by atomic mass is 32.1. The van der Waals surface area contributed by atoms with Crippen LogP contribution in [0.1, 0.15) is 0 Å². The fourth-order valence-electron chi connectivity index (χ4n) is 9.30. The van der Waals surface area contributed by atoms with E-state index in [0.29, 0.717) is 17.5 Å². The summed E-state index contributed by atoms with van der Waals surface area (Å²) in [5, 5.41) is 7.84. The van der Waals surface area contributed by atoms with E-state index in [1.165, 1.54) is 63.8 Å². The standard InChI is InChI=1S/C51H29N5S/c1-4-13-30(14-5-1)34-24-23-33(29-37(34)51-53-49(31-15-6-2-7-16-31)52-50(54-51)32-17-8-3-9-18-32)55-39-21-12-22-40-44(39)45-41(55)26-28-42-46(45)47-43(57-42)27-25-36-35-19-10-11-20-38(35)56(40)48(36)47/h1-29H. The van der Waals surface area contributed by atoms with E-state index in [4.69, 9.17) is 15.0 Å². The Labute approximate surface area is 330 Å². The average molecular weight is 744 g/mol. The average Bonchev–Trinajstić information content (AvgIpc) is 3.91. The molecule has 0 N–H and O–H groups in total. The molecule has 13 rings (SSSR count). The molecule has 0 bridgehead atoms. The Morgan fingerprint density at radius 1 is 0.368 bits per heavy atom. The summed E-state index contributed by atoms with van der Waals surface area (Å²) in [5.41, 5.74) is 12.1. The number of para-hydroxylation sites is 1. The molecule has 5 heterocycles.